The van der Waals surface area contributed by atoms with Crippen LogP contribution in [0.4, 0.5) is 0 Å². The highest BCUT2D eigenvalue weighted by molar-refractivity contribution is 7.98. The summed E-state index contributed by atoms with van der Waals surface area (Å²) >= 11 is 1.54. The van der Waals surface area contributed by atoms with Crippen molar-refractivity contribution in [2.75, 3.05) is 25.1 Å². The number of rotatable bonds is 12. The minimum absolute atomic E-state index is 0.000397. The highest BCUT2D eigenvalue weighted by Gasteiger charge is 2.20. The van der Waals surface area contributed by atoms with Crippen molar-refractivity contribution in [3.8, 4) is 0 Å². The minimum atomic E-state index is -0.762. The van der Waals surface area contributed by atoms with Crippen molar-refractivity contribution in [1.82, 2.24) is 10.2 Å². The molecule has 0 bridgehead atoms. The van der Waals surface area contributed by atoms with Gasteiger partial charge in [-0.05, 0) is 18.4 Å². The van der Waals surface area contributed by atoms with Crippen molar-refractivity contribution in [1.29, 1.82) is 0 Å². The van der Waals surface area contributed by atoms with Crippen LogP contribution in [0, 0.1) is 0 Å². The van der Waals surface area contributed by atoms with E-state index in [0.717, 1.165) is 4.90 Å². The molecule has 0 aliphatic rings. The predicted octanol–water partition coefficient (Wildman–Crippen LogP) is -1.28. The predicted molar refractivity (Wildman–Crippen MR) is 82.1 cm³/mol. The van der Waals surface area contributed by atoms with Gasteiger partial charge in [-0.25, -0.2) is 0 Å². The van der Waals surface area contributed by atoms with Gasteiger partial charge in [-0.15, -0.1) is 0 Å². The van der Waals surface area contributed by atoms with Gasteiger partial charge in [0.2, 0.25) is 17.7 Å². The Labute approximate surface area is 133 Å². The van der Waals surface area contributed by atoms with Gasteiger partial charge in [0, 0.05) is 12.8 Å². The SMILES string of the molecule is CSCCC(C=O)NC(=O)CN(CC(N)=O)C(=O)CCC=O. The topological polar surface area (TPSA) is 127 Å². The molecule has 0 rings (SSSR count). The summed E-state index contributed by atoms with van der Waals surface area (Å²) in [6.45, 7) is -0.800. The normalized spacial score (nSPS) is 11.3. The van der Waals surface area contributed by atoms with Crippen LogP contribution >= 0.6 is 11.8 Å². The monoisotopic (exact) mass is 331 g/mol. The molecule has 124 valence electrons. The second-order valence-corrected chi connectivity index (χ2v) is 5.50. The zero-order chi connectivity index (χ0) is 17.0. The lowest BCUT2D eigenvalue weighted by Gasteiger charge is -2.21. The molecule has 9 heteroatoms. The molecule has 0 aromatic heterocycles. The van der Waals surface area contributed by atoms with Crippen molar-refractivity contribution in [3.05, 3.63) is 0 Å². The molecular formula is C13H21N3O5S. The van der Waals surface area contributed by atoms with E-state index in [1.54, 1.807) is 0 Å². The van der Waals surface area contributed by atoms with Gasteiger partial charge in [-0.3, -0.25) is 14.4 Å². The van der Waals surface area contributed by atoms with Crippen LogP contribution in [0.3, 0.4) is 0 Å². The molecule has 0 aliphatic carbocycles. The van der Waals surface area contributed by atoms with E-state index in [9.17, 15) is 24.0 Å². The van der Waals surface area contributed by atoms with Crippen molar-refractivity contribution in [2.24, 2.45) is 5.73 Å². The Bertz CT molecular complexity index is 416. The van der Waals surface area contributed by atoms with E-state index in [1.807, 2.05) is 6.26 Å². The molecule has 0 aromatic rings. The lowest BCUT2D eigenvalue weighted by atomic mass is 10.2. The number of carbonyl (C=O) groups is 5. The molecule has 0 saturated heterocycles. The van der Waals surface area contributed by atoms with Crippen LogP contribution in [0.2, 0.25) is 0 Å². The van der Waals surface area contributed by atoms with E-state index in [0.29, 0.717) is 24.7 Å². The Morgan fingerprint density at radius 2 is 1.95 bits per heavy atom. The number of amides is 3. The van der Waals surface area contributed by atoms with Gasteiger partial charge in [-0.2, -0.15) is 11.8 Å². The summed E-state index contributed by atoms with van der Waals surface area (Å²) in [5.74, 6) is -1.14. The average Bonchev–Trinajstić information content (AvgIpc) is 2.47. The van der Waals surface area contributed by atoms with Gasteiger partial charge in [-0.1, -0.05) is 0 Å². The fourth-order valence-corrected chi connectivity index (χ4v) is 2.10. The Kier molecular flexibility index (Phi) is 10.7. The maximum atomic E-state index is 11.9. The van der Waals surface area contributed by atoms with Crippen molar-refractivity contribution >= 4 is 42.1 Å². The molecule has 1 unspecified atom stereocenters. The molecule has 0 aromatic carbocycles. The third-order valence-corrected chi connectivity index (χ3v) is 3.30. The van der Waals surface area contributed by atoms with Crippen molar-refractivity contribution in [3.63, 3.8) is 0 Å². The number of nitrogens with two attached hydrogens (primary N) is 1. The second-order valence-electron chi connectivity index (χ2n) is 4.51. The number of hydrogen-bond acceptors (Lipinski definition) is 6. The van der Waals surface area contributed by atoms with E-state index in [2.05, 4.69) is 5.32 Å². The van der Waals surface area contributed by atoms with Crippen LogP contribution < -0.4 is 11.1 Å². The molecule has 3 amide bonds. The molecule has 0 saturated carbocycles. The van der Waals surface area contributed by atoms with Crippen LogP contribution in [0.15, 0.2) is 0 Å². The van der Waals surface area contributed by atoms with Crippen LogP contribution in [0.5, 0.6) is 0 Å². The number of carbonyl (C=O) groups excluding carboxylic acids is 5. The summed E-state index contributed by atoms with van der Waals surface area (Å²) < 4.78 is 0. The molecule has 0 aliphatic heterocycles. The maximum Gasteiger partial charge on any atom is 0.240 e. The summed E-state index contributed by atoms with van der Waals surface area (Å²) in [5, 5.41) is 2.48. The van der Waals surface area contributed by atoms with E-state index in [1.165, 1.54) is 11.8 Å². The van der Waals surface area contributed by atoms with Crippen molar-refractivity contribution < 1.29 is 24.0 Å². The molecule has 3 N–H and O–H groups in total. The van der Waals surface area contributed by atoms with Gasteiger partial charge in [0.15, 0.2) is 0 Å². The number of primary amides is 1. The Morgan fingerprint density at radius 1 is 1.27 bits per heavy atom. The van der Waals surface area contributed by atoms with Crippen LogP contribution in [0.25, 0.3) is 0 Å². The van der Waals surface area contributed by atoms with Crippen LogP contribution in [-0.4, -0.2) is 66.3 Å². The third-order valence-electron chi connectivity index (χ3n) is 2.65. The molecular weight excluding hydrogens is 310 g/mol. The first-order valence-electron chi connectivity index (χ1n) is 6.67. The summed E-state index contributed by atoms with van der Waals surface area (Å²) in [5.41, 5.74) is 5.04. The molecule has 0 radical (unpaired) electrons. The lowest BCUT2D eigenvalue weighted by Crippen LogP contribution is -2.47. The van der Waals surface area contributed by atoms with Crippen molar-refractivity contribution in [2.45, 2.75) is 25.3 Å². The van der Waals surface area contributed by atoms with E-state index in [4.69, 9.17) is 5.73 Å². The standard InChI is InChI=1S/C13H21N3O5S/c1-22-6-4-10(9-18)15-12(20)8-16(7-11(14)19)13(21)3-2-5-17/h5,9-10H,2-4,6-8H2,1H3,(H2,14,19)(H,15,20). The first-order valence-corrected chi connectivity index (χ1v) is 8.07. The third kappa shape index (κ3) is 9.11. The van der Waals surface area contributed by atoms with Gasteiger partial charge in [0.1, 0.15) is 19.1 Å². The fraction of sp³-hybridized carbons (Fsp3) is 0.615. The molecule has 8 nitrogen and oxygen atoms in total. The number of thioether (sulfide) groups is 1. The minimum Gasteiger partial charge on any atom is -0.368 e. The highest BCUT2D eigenvalue weighted by Crippen LogP contribution is 2.00. The molecule has 0 heterocycles. The number of nitrogens with zero attached hydrogens (tertiary/aromatic N) is 1. The van der Waals surface area contributed by atoms with E-state index in [-0.39, 0.29) is 19.4 Å². The largest absolute Gasteiger partial charge is 0.368 e. The first-order chi connectivity index (χ1) is 10.4. The second kappa shape index (κ2) is 11.7. The number of aldehydes is 2. The Hall–Kier alpha value is -1.90. The van der Waals surface area contributed by atoms with Gasteiger partial charge >= 0.3 is 0 Å². The quantitative estimate of drug-likeness (QED) is 0.429. The van der Waals surface area contributed by atoms with E-state index < -0.39 is 30.3 Å². The summed E-state index contributed by atoms with van der Waals surface area (Å²) in [7, 11) is 0. The number of hydrogen-bond donors (Lipinski definition) is 2. The number of nitrogens with one attached hydrogen (secondary N) is 1. The van der Waals surface area contributed by atoms with Crippen LogP contribution in [-0.2, 0) is 24.0 Å². The smallest absolute Gasteiger partial charge is 0.240 e. The molecule has 22 heavy (non-hydrogen) atoms. The lowest BCUT2D eigenvalue weighted by molar-refractivity contribution is -0.139. The summed E-state index contributed by atoms with van der Waals surface area (Å²) in [6.07, 6.45) is 3.45. The molecule has 1 atom stereocenters. The fourth-order valence-electron chi connectivity index (χ4n) is 1.61. The zero-order valence-corrected chi connectivity index (χ0v) is 13.3. The summed E-state index contributed by atoms with van der Waals surface area (Å²) in [4.78, 5) is 56.7. The highest BCUT2D eigenvalue weighted by atomic mass is 32.2. The van der Waals surface area contributed by atoms with E-state index >= 15 is 0 Å². The Balaban J connectivity index is 4.58. The summed E-state index contributed by atoms with van der Waals surface area (Å²) in [6, 6.07) is -0.638. The van der Waals surface area contributed by atoms with Crippen LogP contribution in [0.1, 0.15) is 19.3 Å². The van der Waals surface area contributed by atoms with Gasteiger partial charge in [0.25, 0.3) is 0 Å². The van der Waals surface area contributed by atoms with Gasteiger partial charge < -0.3 is 25.5 Å². The average molecular weight is 331 g/mol. The molecule has 0 fully saturated rings. The zero-order valence-electron chi connectivity index (χ0n) is 12.4. The Morgan fingerprint density at radius 3 is 2.45 bits per heavy atom. The molecule has 0 spiro atoms. The first kappa shape index (κ1) is 20.1. The maximum absolute atomic E-state index is 11.9. The van der Waals surface area contributed by atoms with Gasteiger partial charge in [0.05, 0.1) is 12.6 Å².